The molecule has 162 valence electrons. The van der Waals surface area contributed by atoms with Crippen LogP contribution in [0.3, 0.4) is 0 Å². The van der Waals surface area contributed by atoms with Gasteiger partial charge in [-0.3, -0.25) is 14.4 Å². The number of fused-ring (bicyclic) bond motifs is 1. The first-order valence-corrected chi connectivity index (χ1v) is 9.90. The summed E-state index contributed by atoms with van der Waals surface area (Å²) in [5.74, 6) is -3.40. The Morgan fingerprint density at radius 3 is 2.39 bits per heavy atom. The molecule has 2 heterocycles. The van der Waals surface area contributed by atoms with Gasteiger partial charge < -0.3 is 14.7 Å². The predicted octanol–water partition coefficient (Wildman–Crippen LogP) is 2.19. The fourth-order valence-corrected chi connectivity index (χ4v) is 4.00. The largest absolute Gasteiger partial charge is 0.336 e. The standard InChI is InChI=1S/C22H20F3N3O3/c23-15-4-2-14(3-5-15)11-27-13-20(29)28-9-1-8-26(12-19(28)22(27)31)21(30)17-7-6-16(24)10-18(17)25/h2-7,10,19H,1,8-9,11-13H2. The number of carbonyl (C=O) groups excluding carboxylic acids is 3. The lowest BCUT2D eigenvalue weighted by atomic mass is 10.1. The van der Waals surface area contributed by atoms with E-state index in [2.05, 4.69) is 0 Å². The minimum atomic E-state index is -0.977. The van der Waals surface area contributed by atoms with Gasteiger partial charge in [-0.15, -0.1) is 0 Å². The van der Waals surface area contributed by atoms with E-state index in [1.54, 1.807) is 12.1 Å². The maximum Gasteiger partial charge on any atom is 0.256 e. The number of piperazine rings is 1. The van der Waals surface area contributed by atoms with Crippen LogP contribution in [0.15, 0.2) is 42.5 Å². The van der Waals surface area contributed by atoms with E-state index in [1.165, 1.54) is 26.8 Å². The van der Waals surface area contributed by atoms with Crippen molar-refractivity contribution in [2.24, 2.45) is 0 Å². The quantitative estimate of drug-likeness (QED) is 0.749. The second-order valence-electron chi connectivity index (χ2n) is 7.65. The summed E-state index contributed by atoms with van der Waals surface area (Å²) in [4.78, 5) is 42.8. The molecule has 0 bridgehead atoms. The summed E-state index contributed by atoms with van der Waals surface area (Å²) in [6.07, 6.45) is 0.433. The number of nitrogens with zero attached hydrogens (tertiary/aromatic N) is 3. The highest BCUT2D eigenvalue weighted by Crippen LogP contribution is 2.22. The summed E-state index contributed by atoms with van der Waals surface area (Å²) < 4.78 is 40.5. The highest BCUT2D eigenvalue weighted by atomic mass is 19.1. The van der Waals surface area contributed by atoms with E-state index in [1.807, 2.05) is 0 Å². The average molecular weight is 431 g/mol. The summed E-state index contributed by atoms with van der Waals surface area (Å²) in [5, 5.41) is 0. The Hall–Kier alpha value is -3.36. The van der Waals surface area contributed by atoms with Crippen molar-refractivity contribution in [3.63, 3.8) is 0 Å². The zero-order valence-electron chi connectivity index (χ0n) is 16.6. The molecule has 2 aromatic rings. The summed E-state index contributed by atoms with van der Waals surface area (Å²) in [6, 6.07) is 7.46. The van der Waals surface area contributed by atoms with E-state index in [0.717, 1.165) is 12.1 Å². The van der Waals surface area contributed by atoms with Crippen LogP contribution < -0.4 is 0 Å². The third-order valence-corrected chi connectivity index (χ3v) is 5.58. The Morgan fingerprint density at radius 1 is 0.968 bits per heavy atom. The second kappa shape index (κ2) is 8.41. The Morgan fingerprint density at radius 2 is 1.68 bits per heavy atom. The number of hydrogen-bond donors (Lipinski definition) is 0. The zero-order chi connectivity index (χ0) is 22.1. The highest BCUT2D eigenvalue weighted by molar-refractivity contribution is 5.97. The molecule has 0 radical (unpaired) electrons. The number of amides is 3. The normalized spacial score (nSPS) is 19.3. The summed E-state index contributed by atoms with van der Waals surface area (Å²) in [6.45, 7) is 0.486. The van der Waals surface area contributed by atoms with Crippen molar-refractivity contribution < 1.29 is 27.6 Å². The molecule has 0 aliphatic carbocycles. The van der Waals surface area contributed by atoms with Crippen molar-refractivity contribution in [1.29, 1.82) is 0 Å². The topological polar surface area (TPSA) is 60.9 Å². The molecule has 4 rings (SSSR count). The van der Waals surface area contributed by atoms with Gasteiger partial charge in [0.1, 0.15) is 30.0 Å². The van der Waals surface area contributed by atoms with Gasteiger partial charge in [0, 0.05) is 25.7 Å². The van der Waals surface area contributed by atoms with Crippen LogP contribution in [-0.2, 0) is 16.1 Å². The van der Waals surface area contributed by atoms with E-state index < -0.39 is 29.4 Å². The van der Waals surface area contributed by atoms with Gasteiger partial charge in [0.15, 0.2) is 0 Å². The molecule has 2 aliphatic heterocycles. The molecule has 9 heteroatoms. The van der Waals surface area contributed by atoms with Gasteiger partial charge in [0.2, 0.25) is 11.8 Å². The van der Waals surface area contributed by atoms with Crippen molar-refractivity contribution in [3.05, 3.63) is 71.0 Å². The van der Waals surface area contributed by atoms with Crippen molar-refractivity contribution in [2.45, 2.75) is 19.0 Å². The monoisotopic (exact) mass is 431 g/mol. The summed E-state index contributed by atoms with van der Waals surface area (Å²) >= 11 is 0. The Bertz CT molecular complexity index is 1030. The molecule has 2 fully saturated rings. The van der Waals surface area contributed by atoms with Crippen LogP contribution in [0.1, 0.15) is 22.3 Å². The van der Waals surface area contributed by atoms with Crippen LogP contribution in [-0.4, -0.2) is 64.6 Å². The molecule has 1 unspecified atom stereocenters. The number of carbonyl (C=O) groups is 3. The number of halogens is 3. The van der Waals surface area contributed by atoms with Gasteiger partial charge in [-0.05, 0) is 36.2 Å². The van der Waals surface area contributed by atoms with Crippen LogP contribution >= 0.6 is 0 Å². The average Bonchev–Trinajstić information content (AvgIpc) is 2.97. The predicted molar refractivity (Wildman–Crippen MR) is 104 cm³/mol. The van der Waals surface area contributed by atoms with Crippen molar-refractivity contribution in [1.82, 2.24) is 14.7 Å². The molecule has 31 heavy (non-hydrogen) atoms. The molecule has 2 aromatic carbocycles. The maximum absolute atomic E-state index is 14.1. The van der Waals surface area contributed by atoms with Gasteiger partial charge in [-0.2, -0.15) is 0 Å². The van der Waals surface area contributed by atoms with Gasteiger partial charge in [-0.1, -0.05) is 12.1 Å². The molecule has 3 amide bonds. The van der Waals surface area contributed by atoms with Crippen LogP contribution in [0.25, 0.3) is 0 Å². The molecule has 0 saturated carbocycles. The molecule has 2 aliphatic rings. The Kier molecular flexibility index (Phi) is 5.67. The molecule has 0 spiro atoms. The van der Waals surface area contributed by atoms with Crippen molar-refractivity contribution >= 4 is 17.7 Å². The first-order chi connectivity index (χ1) is 14.8. The molecule has 2 saturated heterocycles. The molecule has 1 atom stereocenters. The van der Waals surface area contributed by atoms with Crippen LogP contribution in [0.4, 0.5) is 13.2 Å². The van der Waals surface area contributed by atoms with Gasteiger partial charge in [0.05, 0.1) is 12.1 Å². The smallest absolute Gasteiger partial charge is 0.256 e. The van der Waals surface area contributed by atoms with Crippen molar-refractivity contribution in [3.8, 4) is 0 Å². The highest BCUT2D eigenvalue weighted by Gasteiger charge is 2.42. The van der Waals surface area contributed by atoms with E-state index >= 15 is 0 Å². The first-order valence-electron chi connectivity index (χ1n) is 9.90. The third-order valence-electron chi connectivity index (χ3n) is 5.58. The molecule has 0 aromatic heterocycles. The molecular weight excluding hydrogens is 411 g/mol. The Labute approximate surface area is 176 Å². The summed E-state index contributed by atoms with van der Waals surface area (Å²) in [7, 11) is 0. The second-order valence-corrected chi connectivity index (χ2v) is 7.65. The lowest BCUT2D eigenvalue weighted by Gasteiger charge is -2.40. The fourth-order valence-electron chi connectivity index (χ4n) is 4.00. The lowest BCUT2D eigenvalue weighted by molar-refractivity contribution is -0.156. The minimum absolute atomic E-state index is 0.0832. The third kappa shape index (κ3) is 4.26. The van der Waals surface area contributed by atoms with E-state index in [-0.39, 0.29) is 43.6 Å². The van der Waals surface area contributed by atoms with E-state index in [0.29, 0.717) is 24.6 Å². The minimum Gasteiger partial charge on any atom is -0.336 e. The van der Waals surface area contributed by atoms with Gasteiger partial charge in [-0.25, -0.2) is 13.2 Å². The van der Waals surface area contributed by atoms with Crippen LogP contribution in [0, 0.1) is 17.5 Å². The van der Waals surface area contributed by atoms with Crippen molar-refractivity contribution in [2.75, 3.05) is 26.2 Å². The number of hydrogen-bond acceptors (Lipinski definition) is 3. The zero-order valence-corrected chi connectivity index (χ0v) is 16.6. The number of benzene rings is 2. The molecular formula is C22H20F3N3O3. The fraction of sp³-hybridized carbons (Fsp3) is 0.318. The van der Waals surface area contributed by atoms with E-state index in [4.69, 9.17) is 0 Å². The van der Waals surface area contributed by atoms with Crippen LogP contribution in [0.2, 0.25) is 0 Å². The van der Waals surface area contributed by atoms with Crippen LogP contribution in [0.5, 0.6) is 0 Å². The molecule has 0 N–H and O–H groups in total. The maximum atomic E-state index is 14.1. The van der Waals surface area contributed by atoms with Gasteiger partial charge >= 0.3 is 0 Å². The van der Waals surface area contributed by atoms with E-state index in [9.17, 15) is 27.6 Å². The van der Waals surface area contributed by atoms with Gasteiger partial charge in [0.25, 0.3) is 5.91 Å². The Balaban J connectivity index is 1.55. The first kappa shape index (κ1) is 20.9. The summed E-state index contributed by atoms with van der Waals surface area (Å²) in [5.41, 5.74) is 0.388. The SMILES string of the molecule is O=C(c1ccc(F)cc1F)N1CCCN2C(=O)CN(Cc3ccc(F)cc3)C(=O)C2C1. The number of rotatable bonds is 3. The molecule has 6 nitrogen and oxygen atoms in total. The lowest BCUT2D eigenvalue weighted by Crippen LogP contribution is -2.61.